The van der Waals surface area contributed by atoms with Crippen LogP contribution in [-0.4, -0.2) is 37.6 Å². The largest absolute Gasteiger partial charge is 0.304 e. The molecule has 0 aromatic rings. The van der Waals surface area contributed by atoms with Crippen LogP contribution in [-0.2, 0) is 0 Å². The van der Waals surface area contributed by atoms with Crippen LogP contribution in [0.1, 0.15) is 32.1 Å². The van der Waals surface area contributed by atoms with Gasteiger partial charge >= 0.3 is 0 Å². The first-order valence-electron chi connectivity index (χ1n) is 5.66. The molecule has 1 fully saturated rings. The standard InChI is InChI=1S/C11H21N3/c1-13-11(9-12)10-14-7-5-3-2-4-6-8-14/h11,13H,2-8,10H2,1H3. The molecule has 1 heterocycles. The van der Waals surface area contributed by atoms with Crippen LogP contribution < -0.4 is 5.32 Å². The summed E-state index contributed by atoms with van der Waals surface area (Å²) in [7, 11) is 1.86. The Balaban J connectivity index is 2.29. The molecule has 1 rings (SSSR count). The minimum Gasteiger partial charge on any atom is -0.304 e. The smallest absolute Gasteiger partial charge is 0.108 e. The minimum atomic E-state index is -0.00516. The van der Waals surface area contributed by atoms with Gasteiger partial charge in [-0.2, -0.15) is 5.26 Å². The zero-order chi connectivity index (χ0) is 10.2. The van der Waals surface area contributed by atoms with Gasteiger partial charge in [0, 0.05) is 6.54 Å². The van der Waals surface area contributed by atoms with E-state index in [2.05, 4.69) is 16.3 Å². The van der Waals surface area contributed by atoms with E-state index in [1.165, 1.54) is 45.2 Å². The Morgan fingerprint density at radius 1 is 1.21 bits per heavy atom. The molecule has 0 saturated carbocycles. The Morgan fingerprint density at radius 3 is 2.29 bits per heavy atom. The van der Waals surface area contributed by atoms with E-state index >= 15 is 0 Å². The zero-order valence-electron chi connectivity index (χ0n) is 9.13. The second-order valence-corrected chi connectivity index (χ2v) is 4.04. The molecule has 80 valence electrons. The third kappa shape index (κ3) is 4.08. The Hall–Kier alpha value is -0.590. The number of nitrogens with one attached hydrogen (secondary N) is 1. The SMILES string of the molecule is CNC(C#N)CN1CCCCCCC1. The number of likely N-dealkylation sites (N-methyl/N-ethyl adjacent to an activating group) is 1. The predicted octanol–water partition coefficient (Wildman–Crippen LogP) is 1.36. The average molecular weight is 195 g/mol. The van der Waals surface area contributed by atoms with E-state index in [0.29, 0.717) is 0 Å². The molecule has 1 N–H and O–H groups in total. The van der Waals surface area contributed by atoms with Crippen molar-refractivity contribution in [1.82, 2.24) is 10.2 Å². The molecule has 1 atom stereocenters. The highest BCUT2D eigenvalue weighted by Gasteiger charge is 2.12. The van der Waals surface area contributed by atoms with Crippen molar-refractivity contribution in [2.75, 3.05) is 26.7 Å². The fourth-order valence-corrected chi connectivity index (χ4v) is 1.95. The van der Waals surface area contributed by atoms with Crippen molar-refractivity contribution < 1.29 is 0 Å². The Bertz CT molecular complexity index is 177. The molecule has 3 nitrogen and oxygen atoms in total. The summed E-state index contributed by atoms with van der Waals surface area (Å²) in [5.74, 6) is 0. The van der Waals surface area contributed by atoms with E-state index < -0.39 is 0 Å². The first kappa shape index (κ1) is 11.5. The molecule has 0 radical (unpaired) electrons. The molecule has 0 aromatic carbocycles. The van der Waals surface area contributed by atoms with Gasteiger partial charge in [-0.05, 0) is 33.0 Å². The van der Waals surface area contributed by atoms with Crippen LogP contribution in [0.2, 0.25) is 0 Å². The monoisotopic (exact) mass is 195 g/mol. The summed E-state index contributed by atoms with van der Waals surface area (Å²) in [5.41, 5.74) is 0. The first-order valence-corrected chi connectivity index (χ1v) is 5.66. The van der Waals surface area contributed by atoms with Crippen molar-refractivity contribution in [3.05, 3.63) is 0 Å². The fourth-order valence-electron chi connectivity index (χ4n) is 1.95. The second kappa shape index (κ2) is 6.80. The van der Waals surface area contributed by atoms with E-state index in [1.54, 1.807) is 0 Å². The lowest BCUT2D eigenvalue weighted by molar-refractivity contribution is 0.237. The Kier molecular flexibility index (Phi) is 5.58. The number of hydrogen-bond acceptors (Lipinski definition) is 3. The maximum atomic E-state index is 8.84. The summed E-state index contributed by atoms with van der Waals surface area (Å²) >= 11 is 0. The first-order chi connectivity index (χ1) is 6.86. The molecule has 1 aliphatic heterocycles. The van der Waals surface area contributed by atoms with Crippen LogP contribution in [0.15, 0.2) is 0 Å². The highest BCUT2D eigenvalue weighted by molar-refractivity contribution is 4.91. The zero-order valence-corrected chi connectivity index (χ0v) is 9.13. The van der Waals surface area contributed by atoms with Gasteiger partial charge in [-0.25, -0.2) is 0 Å². The van der Waals surface area contributed by atoms with Crippen molar-refractivity contribution >= 4 is 0 Å². The van der Waals surface area contributed by atoms with Gasteiger partial charge in [-0.3, -0.25) is 0 Å². The van der Waals surface area contributed by atoms with Crippen LogP contribution >= 0.6 is 0 Å². The Labute approximate surface area is 87.1 Å². The van der Waals surface area contributed by atoms with Crippen LogP contribution in [0.25, 0.3) is 0 Å². The quantitative estimate of drug-likeness (QED) is 0.739. The number of rotatable bonds is 3. The van der Waals surface area contributed by atoms with E-state index in [-0.39, 0.29) is 6.04 Å². The minimum absolute atomic E-state index is 0.00516. The predicted molar refractivity (Wildman–Crippen MR) is 58.0 cm³/mol. The third-order valence-corrected chi connectivity index (χ3v) is 2.89. The lowest BCUT2D eigenvalue weighted by atomic mass is 10.1. The fraction of sp³-hybridized carbons (Fsp3) is 0.909. The summed E-state index contributed by atoms with van der Waals surface area (Å²) in [5, 5.41) is 11.9. The highest BCUT2D eigenvalue weighted by atomic mass is 15.1. The second-order valence-electron chi connectivity index (χ2n) is 4.04. The number of nitriles is 1. The summed E-state index contributed by atoms with van der Waals surface area (Å²) < 4.78 is 0. The van der Waals surface area contributed by atoms with Crippen molar-refractivity contribution in [2.24, 2.45) is 0 Å². The molecule has 1 unspecified atom stereocenters. The van der Waals surface area contributed by atoms with Gasteiger partial charge in [-0.15, -0.1) is 0 Å². The summed E-state index contributed by atoms with van der Waals surface area (Å²) in [4.78, 5) is 2.42. The molecule has 0 spiro atoms. The van der Waals surface area contributed by atoms with Gasteiger partial charge in [0.05, 0.1) is 6.07 Å². The molecule has 1 aliphatic rings. The van der Waals surface area contributed by atoms with E-state index in [9.17, 15) is 0 Å². The van der Waals surface area contributed by atoms with E-state index in [4.69, 9.17) is 5.26 Å². The maximum absolute atomic E-state index is 8.84. The van der Waals surface area contributed by atoms with Crippen molar-refractivity contribution in [1.29, 1.82) is 5.26 Å². The molecule has 0 bridgehead atoms. The lowest BCUT2D eigenvalue weighted by Gasteiger charge is -2.26. The molecule has 0 aliphatic carbocycles. The number of likely N-dealkylation sites (tertiary alicyclic amines) is 1. The Morgan fingerprint density at radius 2 is 1.79 bits per heavy atom. The topological polar surface area (TPSA) is 39.1 Å². The molecule has 14 heavy (non-hydrogen) atoms. The van der Waals surface area contributed by atoms with Gasteiger partial charge in [0.1, 0.15) is 6.04 Å². The van der Waals surface area contributed by atoms with Gasteiger partial charge in [0.15, 0.2) is 0 Å². The van der Waals surface area contributed by atoms with Gasteiger partial charge < -0.3 is 10.2 Å². The lowest BCUT2D eigenvalue weighted by Crippen LogP contribution is -2.39. The summed E-state index contributed by atoms with van der Waals surface area (Å²) in [6.07, 6.45) is 6.69. The van der Waals surface area contributed by atoms with E-state index in [1.807, 2.05) is 7.05 Å². The molecule has 0 amide bonds. The van der Waals surface area contributed by atoms with Gasteiger partial charge in [0.2, 0.25) is 0 Å². The normalized spacial score (nSPS) is 22.0. The van der Waals surface area contributed by atoms with E-state index in [0.717, 1.165) is 6.54 Å². The summed E-state index contributed by atoms with van der Waals surface area (Å²) in [6.45, 7) is 3.22. The molecular weight excluding hydrogens is 174 g/mol. The van der Waals surface area contributed by atoms with Crippen molar-refractivity contribution in [3.63, 3.8) is 0 Å². The molecular formula is C11H21N3. The summed E-state index contributed by atoms with van der Waals surface area (Å²) in [6, 6.07) is 2.28. The number of hydrogen-bond donors (Lipinski definition) is 1. The van der Waals surface area contributed by atoms with Crippen molar-refractivity contribution in [2.45, 2.75) is 38.1 Å². The van der Waals surface area contributed by atoms with Crippen LogP contribution in [0.3, 0.4) is 0 Å². The van der Waals surface area contributed by atoms with Gasteiger partial charge in [-0.1, -0.05) is 19.3 Å². The molecule has 0 aromatic heterocycles. The van der Waals surface area contributed by atoms with Crippen LogP contribution in [0.5, 0.6) is 0 Å². The number of nitrogens with zero attached hydrogens (tertiary/aromatic N) is 2. The third-order valence-electron chi connectivity index (χ3n) is 2.89. The highest BCUT2D eigenvalue weighted by Crippen LogP contribution is 2.10. The van der Waals surface area contributed by atoms with Crippen molar-refractivity contribution in [3.8, 4) is 6.07 Å². The van der Waals surface area contributed by atoms with Crippen LogP contribution in [0.4, 0.5) is 0 Å². The van der Waals surface area contributed by atoms with Gasteiger partial charge in [0.25, 0.3) is 0 Å². The molecule has 3 heteroatoms. The van der Waals surface area contributed by atoms with Crippen LogP contribution in [0, 0.1) is 11.3 Å². The maximum Gasteiger partial charge on any atom is 0.108 e. The average Bonchev–Trinajstić information content (AvgIpc) is 2.16. The molecule has 1 saturated heterocycles.